The molecule has 4 aromatic rings. The van der Waals surface area contributed by atoms with Gasteiger partial charge in [-0.15, -0.1) is 17.9 Å². The molecule has 0 N–H and O–H groups in total. The Morgan fingerprint density at radius 2 is 1.94 bits per heavy atom. The second-order valence-electron chi connectivity index (χ2n) is 7.59. The van der Waals surface area contributed by atoms with Crippen LogP contribution in [0.2, 0.25) is 0 Å². The number of imidazole rings is 1. The minimum absolute atomic E-state index is 0.0754. The molecule has 0 radical (unpaired) electrons. The van der Waals surface area contributed by atoms with Crippen LogP contribution in [0.5, 0.6) is 0 Å². The molecule has 0 saturated heterocycles. The van der Waals surface area contributed by atoms with E-state index in [2.05, 4.69) is 16.5 Å². The van der Waals surface area contributed by atoms with Gasteiger partial charge in [-0.05, 0) is 6.42 Å². The van der Waals surface area contributed by atoms with Gasteiger partial charge in [-0.25, -0.2) is 14.8 Å². The van der Waals surface area contributed by atoms with Gasteiger partial charge in [0.2, 0.25) is 5.91 Å². The molecular formula is C23H24N6O3S. The number of hydrogen-bond donors (Lipinski definition) is 0. The fourth-order valence-corrected chi connectivity index (χ4v) is 4.51. The number of thiazole rings is 1. The molecule has 1 aromatic carbocycles. The first-order valence-electron chi connectivity index (χ1n) is 10.5. The van der Waals surface area contributed by atoms with E-state index in [4.69, 9.17) is 0 Å². The molecule has 4 rings (SSSR count). The Kier molecular flexibility index (Phi) is 6.36. The summed E-state index contributed by atoms with van der Waals surface area (Å²) in [6.45, 7) is 4.55. The van der Waals surface area contributed by atoms with E-state index in [1.165, 1.54) is 29.3 Å². The smallest absolute Gasteiger partial charge is 0.325 e. The third-order valence-electron chi connectivity index (χ3n) is 5.41. The summed E-state index contributed by atoms with van der Waals surface area (Å²) in [5.74, 6) is -0.0754. The second kappa shape index (κ2) is 9.37. The minimum atomic E-state index is -0.425. The zero-order valence-electron chi connectivity index (χ0n) is 18.5. The van der Waals surface area contributed by atoms with Gasteiger partial charge in [-0.1, -0.05) is 36.4 Å². The van der Waals surface area contributed by atoms with Crippen molar-refractivity contribution in [3.8, 4) is 11.3 Å². The molecule has 0 aliphatic heterocycles. The molecular weight excluding hydrogens is 440 g/mol. The number of aryl methyl sites for hydroxylation is 2. The molecule has 33 heavy (non-hydrogen) atoms. The van der Waals surface area contributed by atoms with Gasteiger partial charge in [0.1, 0.15) is 0 Å². The van der Waals surface area contributed by atoms with Crippen LogP contribution in [0.25, 0.3) is 22.4 Å². The largest absolute Gasteiger partial charge is 0.332 e. The summed E-state index contributed by atoms with van der Waals surface area (Å²) in [6.07, 6.45) is 3.97. The van der Waals surface area contributed by atoms with Crippen molar-refractivity contribution in [1.82, 2.24) is 23.7 Å². The van der Waals surface area contributed by atoms with Crippen molar-refractivity contribution >= 4 is 33.5 Å². The highest BCUT2D eigenvalue weighted by atomic mass is 32.1. The maximum Gasteiger partial charge on any atom is 0.332 e. The van der Waals surface area contributed by atoms with Gasteiger partial charge < -0.3 is 4.57 Å². The Morgan fingerprint density at radius 1 is 1.18 bits per heavy atom. The standard InChI is InChI=1S/C23H24N6O3S/c1-4-12-29(22-25-17(14-33-22)16-9-6-5-7-10-16)18(30)11-8-13-28-15-24-20-19(28)21(31)27(3)23(32)26(20)2/h4-7,9-10,14-15H,1,8,11-13H2,2-3H3. The van der Waals surface area contributed by atoms with Crippen LogP contribution >= 0.6 is 11.3 Å². The Hall–Kier alpha value is -3.79. The molecule has 9 nitrogen and oxygen atoms in total. The summed E-state index contributed by atoms with van der Waals surface area (Å²) in [4.78, 5) is 48.2. The number of aromatic nitrogens is 5. The maximum atomic E-state index is 13.0. The van der Waals surface area contributed by atoms with Crippen LogP contribution in [0.4, 0.5) is 5.13 Å². The van der Waals surface area contributed by atoms with E-state index in [1.807, 2.05) is 35.7 Å². The average molecular weight is 465 g/mol. The second-order valence-corrected chi connectivity index (χ2v) is 8.43. The minimum Gasteiger partial charge on any atom is -0.325 e. The van der Waals surface area contributed by atoms with Crippen molar-refractivity contribution in [2.45, 2.75) is 19.4 Å². The number of nitrogens with zero attached hydrogens (tertiary/aromatic N) is 6. The lowest BCUT2D eigenvalue weighted by atomic mass is 10.2. The number of rotatable bonds is 8. The normalized spacial score (nSPS) is 11.1. The molecule has 3 aromatic heterocycles. The lowest BCUT2D eigenvalue weighted by Gasteiger charge is -2.18. The number of benzene rings is 1. The van der Waals surface area contributed by atoms with Crippen molar-refractivity contribution in [3.05, 3.63) is 75.5 Å². The van der Waals surface area contributed by atoms with Crippen LogP contribution in [0.15, 0.2) is 64.3 Å². The molecule has 1 amide bonds. The molecule has 0 unspecified atom stereocenters. The molecule has 10 heteroatoms. The zero-order valence-corrected chi connectivity index (χ0v) is 19.3. The van der Waals surface area contributed by atoms with E-state index >= 15 is 0 Å². The van der Waals surface area contributed by atoms with Gasteiger partial charge >= 0.3 is 5.69 Å². The van der Waals surface area contributed by atoms with Crippen LogP contribution in [0.3, 0.4) is 0 Å². The van der Waals surface area contributed by atoms with E-state index < -0.39 is 11.2 Å². The number of amides is 1. The van der Waals surface area contributed by atoms with Crippen molar-refractivity contribution in [1.29, 1.82) is 0 Å². The van der Waals surface area contributed by atoms with Crippen LogP contribution in [0.1, 0.15) is 12.8 Å². The quantitative estimate of drug-likeness (QED) is 0.374. The van der Waals surface area contributed by atoms with Crippen molar-refractivity contribution in [2.24, 2.45) is 14.1 Å². The van der Waals surface area contributed by atoms with Gasteiger partial charge in [0, 0.05) is 44.5 Å². The van der Waals surface area contributed by atoms with Gasteiger partial charge in [-0.3, -0.25) is 23.6 Å². The highest BCUT2D eigenvalue weighted by Crippen LogP contribution is 2.28. The highest BCUT2D eigenvalue weighted by Gasteiger charge is 2.19. The molecule has 3 heterocycles. The van der Waals surface area contributed by atoms with Crippen LogP contribution in [-0.2, 0) is 25.4 Å². The molecule has 0 atom stereocenters. The lowest BCUT2D eigenvalue weighted by Crippen LogP contribution is -2.37. The molecule has 0 bridgehead atoms. The molecule has 0 spiro atoms. The van der Waals surface area contributed by atoms with Crippen molar-refractivity contribution < 1.29 is 4.79 Å². The van der Waals surface area contributed by atoms with E-state index in [0.717, 1.165) is 15.8 Å². The van der Waals surface area contributed by atoms with Gasteiger partial charge in [0.25, 0.3) is 5.56 Å². The number of hydrogen-bond acceptors (Lipinski definition) is 6. The fraction of sp³-hybridized carbons (Fsp3) is 0.261. The Balaban J connectivity index is 1.49. The number of carbonyl (C=O) groups is 1. The molecule has 0 aliphatic carbocycles. The van der Waals surface area contributed by atoms with E-state index in [0.29, 0.717) is 35.8 Å². The Morgan fingerprint density at radius 3 is 2.67 bits per heavy atom. The van der Waals surface area contributed by atoms with E-state index in [9.17, 15) is 14.4 Å². The number of fused-ring (bicyclic) bond motifs is 1. The van der Waals surface area contributed by atoms with Crippen molar-refractivity contribution in [2.75, 3.05) is 11.4 Å². The monoisotopic (exact) mass is 464 g/mol. The predicted molar refractivity (Wildman–Crippen MR) is 130 cm³/mol. The summed E-state index contributed by atoms with van der Waals surface area (Å²) in [5, 5.41) is 2.56. The summed E-state index contributed by atoms with van der Waals surface area (Å²) in [6, 6.07) is 9.81. The van der Waals surface area contributed by atoms with Crippen LogP contribution in [0, 0.1) is 0 Å². The third-order valence-corrected chi connectivity index (χ3v) is 6.28. The molecule has 0 fully saturated rings. The predicted octanol–water partition coefficient (Wildman–Crippen LogP) is 2.56. The van der Waals surface area contributed by atoms with Crippen molar-refractivity contribution in [3.63, 3.8) is 0 Å². The maximum absolute atomic E-state index is 13.0. The molecule has 170 valence electrons. The van der Waals surface area contributed by atoms with Gasteiger partial charge in [0.15, 0.2) is 16.3 Å². The van der Waals surface area contributed by atoms with E-state index in [-0.39, 0.29) is 12.3 Å². The first-order chi connectivity index (χ1) is 15.9. The number of carbonyl (C=O) groups excluding carboxylic acids is 1. The summed E-state index contributed by atoms with van der Waals surface area (Å²) >= 11 is 1.41. The molecule has 0 saturated carbocycles. The zero-order chi connectivity index (χ0) is 23.5. The average Bonchev–Trinajstić information content (AvgIpc) is 3.48. The summed E-state index contributed by atoms with van der Waals surface area (Å²) in [7, 11) is 3.02. The Labute approximate surface area is 193 Å². The first kappa shape index (κ1) is 22.4. The lowest BCUT2D eigenvalue weighted by molar-refractivity contribution is -0.118. The fourth-order valence-electron chi connectivity index (χ4n) is 3.65. The first-order valence-corrected chi connectivity index (χ1v) is 11.3. The van der Waals surface area contributed by atoms with Crippen LogP contribution in [-0.4, -0.2) is 36.1 Å². The van der Waals surface area contributed by atoms with Crippen LogP contribution < -0.4 is 16.1 Å². The third kappa shape index (κ3) is 4.29. The summed E-state index contributed by atoms with van der Waals surface area (Å²) < 4.78 is 4.10. The number of anilines is 1. The SMILES string of the molecule is C=CCN(C(=O)CCCn1cnc2c1c(=O)n(C)c(=O)n2C)c1nc(-c2ccccc2)cs1. The Bertz CT molecular complexity index is 1430. The van der Waals surface area contributed by atoms with E-state index in [1.54, 1.807) is 22.6 Å². The van der Waals surface area contributed by atoms with Gasteiger partial charge in [-0.2, -0.15) is 0 Å². The highest BCUT2D eigenvalue weighted by molar-refractivity contribution is 7.14. The van der Waals surface area contributed by atoms with Gasteiger partial charge in [0.05, 0.1) is 12.0 Å². The molecule has 0 aliphatic rings. The topological polar surface area (TPSA) is 95.0 Å². The summed E-state index contributed by atoms with van der Waals surface area (Å²) in [5.41, 5.74) is 1.67.